The summed E-state index contributed by atoms with van der Waals surface area (Å²) >= 11 is 1.71. The van der Waals surface area contributed by atoms with Crippen molar-refractivity contribution in [1.29, 1.82) is 0 Å². The Kier molecular flexibility index (Phi) is 5.93. The van der Waals surface area contributed by atoms with Crippen LogP contribution < -0.4 is 5.73 Å². The highest BCUT2D eigenvalue weighted by Gasteiger charge is 2.45. The van der Waals surface area contributed by atoms with Gasteiger partial charge in [-0.15, -0.1) is 0 Å². The molecular weight excluding hydrogens is 288 g/mol. The van der Waals surface area contributed by atoms with Gasteiger partial charge in [0.1, 0.15) is 6.04 Å². The number of thioether (sulfide) groups is 1. The summed E-state index contributed by atoms with van der Waals surface area (Å²) in [6.07, 6.45) is 4.97. The molecular formula is C15H26N2O3S. The van der Waals surface area contributed by atoms with Crippen LogP contribution in [-0.2, 0) is 14.3 Å². The fourth-order valence-corrected chi connectivity index (χ4v) is 4.35. The van der Waals surface area contributed by atoms with E-state index in [0.29, 0.717) is 25.4 Å². The van der Waals surface area contributed by atoms with E-state index in [1.165, 1.54) is 6.42 Å². The topological polar surface area (TPSA) is 72.6 Å². The van der Waals surface area contributed by atoms with Crippen LogP contribution in [0.2, 0.25) is 0 Å². The first kappa shape index (κ1) is 16.6. The van der Waals surface area contributed by atoms with Gasteiger partial charge in [0.05, 0.1) is 12.0 Å². The molecule has 0 bridgehead atoms. The van der Waals surface area contributed by atoms with Crippen LogP contribution in [0.25, 0.3) is 0 Å². The minimum absolute atomic E-state index is 0.0723. The Morgan fingerprint density at radius 2 is 2.05 bits per heavy atom. The quantitative estimate of drug-likeness (QED) is 0.794. The minimum atomic E-state index is -0.453. The Balaban J connectivity index is 2.15. The van der Waals surface area contributed by atoms with E-state index in [0.717, 1.165) is 31.4 Å². The standard InChI is InChI=1S/C15H26N2O3S/c1-2-20-13(18)12-10-21-9-8-17(12)14(19)15(11-16)6-4-3-5-7-15/h12H,2-11,16H2,1H3. The normalized spacial score (nSPS) is 25.4. The second kappa shape index (κ2) is 7.49. The van der Waals surface area contributed by atoms with E-state index < -0.39 is 11.5 Å². The fraction of sp³-hybridized carbons (Fsp3) is 0.867. The number of carbonyl (C=O) groups excluding carboxylic acids is 2. The Morgan fingerprint density at radius 1 is 1.33 bits per heavy atom. The van der Waals surface area contributed by atoms with Gasteiger partial charge in [0, 0.05) is 24.6 Å². The predicted molar refractivity (Wildman–Crippen MR) is 84.0 cm³/mol. The maximum atomic E-state index is 13.1. The molecule has 1 atom stereocenters. The van der Waals surface area contributed by atoms with Crippen molar-refractivity contribution in [2.75, 3.05) is 31.2 Å². The van der Waals surface area contributed by atoms with E-state index in [9.17, 15) is 9.59 Å². The van der Waals surface area contributed by atoms with E-state index >= 15 is 0 Å². The molecule has 1 amide bonds. The number of rotatable bonds is 4. The van der Waals surface area contributed by atoms with Gasteiger partial charge in [-0.3, -0.25) is 4.79 Å². The first-order valence-electron chi connectivity index (χ1n) is 7.90. The third kappa shape index (κ3) is 3.54. The highest BCUT2D eigenvalue weighted by Crippen LogP contribution is 2.38. The fourth-order valence-electron chi connectivity index (χ4n) is 3.32. The molecule has 0 aromatic rings. The summed E-state index contributed by atoms with van der Waals surface area (Å²) in [5.41, 5.74) is 5.50. The van der Waals surface area contributed by atoms with Crippen LogP contribution in [0.4, 0.5) is 0 Å². The minimum Gasteiger partial charge on any atom is -0.464 e. The smallest absolute Gasteiger partial charge is 0.329 e. The lowest BCUT2D eigenvalue weighted by molar-refractivity contribution is -0.158. The molecule has 120 valence electrons. The van der Waals surface area contributed by atoms with Gasteiger partial charge >= 0.3 is 5.97 Å². The number of amides is 1. The molecule has 1 unspecified atom stereocenters. The summed E-state index contributed by atoms with van der Waals surface area (Å²) in [7, 11) is 0. The van der Waals surface area contributed by atoms with Crippen molar-refractivity contribution < 1.29 is 14.3 Å². The molecule has 1 saturated carbocycles. The SMILES string of the molecule is CCOC(=O)C1CSCCN1C(=O)C1(CN)CCCCC1. The number of ether oxygens (including phenoxy) is 1. The van der Waals surface area contributed by atoms with E-state index in [1.54, 1.807) is 23.6 Å². The molecule has 0 radical (unpaired) electrons. The Labute approximate surface area is 130 Å². The second-order valence-corrected chi connectivity index (χ2v) is 7.04. The van der Waals surface area contributed by atoms with Gasteiger partial charge in [-0.1, -0.05) is 19.3 Å². The molecule has 1 aliphatic heterocycles. The molecule has 0 aromatic heterocycles. The van der Waals surface area contributed by atoms with Gasteiger partial charge in [-0.2, -0.15) is 11.8 Å². The Bertz CT molecular complexity index is 383. The Hall–Kier alpha value is -0.750. The average molecular weight is 314 g/mol. The molecule has 1 heterocycles. The van der Waals surface area contributed by atoms with Crippen LogP contribution in [-0.4, -0.2) is 54.0 Å². The van der Waals surface area contributed by atoms with Crippen molar-refractivity contribution in [2.24, 2.45) is 11.1 Å². The van der Waals surface area contributed by atoms with Gasteiger partial charge in [0.2, 0.25) is 5.91 Å². The lowest BCUT2D eigenvalue weighted by atomic mass is 9.73. The number of nitrogens with zero attached hydrogens (tertiary/aromatic N) is 1. The highest BCUT2D eigenvalue weighted by atomic mass is 32.2. The molecule has 0 spiro atoms. The summed E-state index contributed by atoms with van der Waals surface area (Å²) in [5, 5.41) is 0. The van der Waals surface area contributed by atoms with Crippen molar-refractivity contribution >= 4 is 23.6 Å². The number of carbonyl (C=O) groups is 2. The number of hydrogen-bond acceptors (Lipinski definition) is 5. The van der Waals surface area contributed by atoms with Crippen LogP contribution in [0.1, 0.15) is 39.0 Å². The van der Waals surface area contributed by atoms with Gasteiger partial charge in [-0.05, 0) is 19.8 Å². The van der Waals surface area contributed by atoms with Crippen LogP contribution >= 0.6 is 11.8 Å². The third-order valence-electron chi connectivity index (χ3n) is 4.60. The van der Waals surface area contributed by atoms with Crippen LogP contribution in [0.5, 0.6) is 0 Å². The summed E-state index contributed by atoms with van der Waals surface area (Å²) < 4.78 is 5.14. The summed E-state index contributed by atoms with van der Waals surface area (Å²) in [6.45, 7) is 3.15. The van der Waals surface area contributed by atoms with Crippen LogP contribution in [0.3, 0.4) is 0 Å². The van der Waals surface area contributed by atoms with Gasteiger partial charge in [0.15, 0.2) is 0 Å². The molecule has 1 saturated heterocycles. The molecule has 6 heteroatoms. The van der Waals surface area contributed by atoms with E-state index in [-0.39, 0.29) is 11.9 Å². The monoisotopic (exact) mass is 314 g/mol. The van der Waals surface area contributed by atoms with Crippen molar-refractivity contribution in [3.05, 3.63) is 0 Å². The first-order chi connectivity index (χ1) is 10.1. The van der Waals surface area contributed by atoms with Crippen LogP contribution in [0.15, 0.2) is 0 Å². The van der Waals surface area contributed by atoms with Crippen molar-refractivity contribution in [3.63, 3.8) is 0 Å². The zero-order chi connectivity index (χ0) is 15.3. The van der Waals surface area contributed by atoms with E-state index in [2.05, 4.69) is 0 Å². The first-order valence-corrected chi connectivity index (χ1v) is 9.05. The molecule has 5 nitrogen and oxygen atoms in total. The predicted octanol–water partition coefficient (Wildman–Crippen LogP) is 1.40. The number of esters is 1. The van der Waals surface area contributed by atoms with Gasteiger partial charge < -0.3 is 15.4 Å². The average Bonchev–Trinajstić information content (AvgIpc) is 2.55. The molecule has 21 heavy (non-hydrogen) atoms. The molecule has 2 aliphatic rings. The number of hydrogen-bond donors (Lipinski definition) is 1. The largest absolute Gasteiger partial charge is 0.464 e. The molecule has 2 N–H and O–H groups in total. The summed E-state index contributed by atoms with van der Waals surface area (Å²) in [4.78, 5) is 26.9. The lowest BCUT2D eigenvalue weighted by Crippen LogP contribution is -2.57. The van der Waals surface area contributed by atoms with Gasteiger partial charge in [0.25, 0.3) is 0 Å². The Morgan fingerprint density at radius 3 is 2.67 bits per heavy atom. The second-order valence-electron chi connectivity index (χ2n) is 5.89. The molecule has 2 rings (SSSR count). The van der Waals surface area contributed by atoms with E-state index in [1.807, 2.05) is 0 Å². The molecule has 0 aromatic carbocycles. The maximum Gasteiger partial charge on any atom is 0.329 e. The maximum absolute atomic E-state index is 13.1. The van der Waals surface area contributed by atoms with Crippen molar-refractivity contribution in [1.82, 2.24) is 4.90 Å². The number of nitrogens with two attached hydrogens (primary N) is 1. The summed E-state index contributed by atoms with van der Waals surface area (Å²) in [6, 6.07) is -0.443. The molecule has 2 fully saturated rings. The lowest BCUT2D eigenvalue weighted by Gasteiger charge is -2.42. The van der Waals surface area contributed by atoms with Crippen LogP contribution in [0, 0.1) is 5.41 Å². The van der Waals surface area contributed by atoms with Crippen molar-refractivity contribution in [3.8, 4) is 0 Å². The van der Waals surface area contributed by atoms with Gasteiger partial charge in [-0.25, -0.2) is 4.79 Å². The molecule has 1 aliphatic carbocycles. The zero-order valence-electron chi connectivity index (χ0n) is 12.8. The zero-order valence-corrected chi connectivity index (χ0v) is 13.6. The summed E-state index contributed by atoms with van der Waals surface area (Å²) in [5.74, 6) is 1.30. The highest BCUT2D eigenvalue weighted by molar-refractivity contribution is 7.99. The third-order valence-corrected chi connectivity index (χ3v) is 5.63. The van der Waals surface area contributed by atoms with E-state index in [4.69, 9.17) is 10.5 Å². The van der Waals surface area contributed by atoms with Crippen molar-refractivity contribution in [2.45, 2.75) is 45.1 Å².